The zero-order valence-electron chi connectivity index (χ0n) is 16.7. The number of halogens is 1. The summed E-state index contributed by atoms with van der Waals surface area (Å²) in [4.78, 5) is 17.2. The van der Waals surface area contributed by atoms with E-state index in [4.69, 9.17) is 4.74 Å². The van der Waals surface area contributed by atoms with Crippen LogP contribution >= 0.6 is 15.9 Å². The van der Waals surface area contributed by atoms with Crippen LogP contribution in [0, 0.1) is 0 Å². The summed E-state index contributed by atoms with van der Waals surface area (Å²) in [7, 11) is -3.93. The summed E-state index contributed by atoms with van der Waals surface area (Å²) >= 11 is 3.19. The molecule has 0 N–H and O–H groups in total. The van der Waals surface area contributed by atoms with Gasteiger partial charge in [0.15, 0.2) is 11.5 Å². The molecule has 1 aromatic carbocycles. The van der Waals surface area contributed by atoms with Crippen LogP contribution in [0.4, 0.5) is 0 Å². The number of carbonyl (C=O) groups is 1. The van der Waals surface area contributed by atoms with Crippen LogP contribution in [-0.4, -0.2) is 35.1 Å². The Bertz CT molecular complexity index is 1180. The summed E-state index contributed by atoms with van der Waals surface area (Å²) in [6, 6.07) is 8.20. The zero-order chi connectivity index (χ0) is 21.3. The quantitative estimate of drug-likeness (QED) is 0.242. The van der Waals surface area contributed by atoms with E-state index in [1.807, 2.05) is 0 Å². The van der Waals surface area contributed by atoms with Gasteiger partial charge in [0.25, 0.3) is 10.0 Å². The lowest BCUT2D eigenvalue weighted by Gasteiger charge is -2.15. The molecule has 3 aromatic rings. The smallest absolute Gasteiger partial charge is 0.268 e. The van der Waals surface area contributed by atoms with Gasteiger partial charge in [0, 0.05) is 18.0 Å². The molecule has 30 heavy (non-hydrogen) atoms. The van der Waals surface area contributed by atoms with Gasteiger partial charge in [0.2, 0.25) is 0 Å². The topological polar surface area (TPSA) is 78.3 Å². The van der Waals surface area contributed by atoms with Gasteiger partial charge in [0.05, 0.1) is 22.4 Å². The van der Waals surface area contributed by atoms with Crippen LogP contribution in [0.5, 0.6) is 5.75 Å². The fourth-order valence-corrected chi connectivity index (χ4v) is 5.15. The van der Waals surface area contributed by atoms with Crippen molar-refractivity contribution in [1.82, 2.24) is 8.96 Å². The number of pyridine rings is 1. The Labute approximate surface area is 184 Å². The van der Waals surface area contributed by atoms with Crippen LogP contribution < -0.4 is 4.74 Å². The molecular weight excluding hydrogens is 468 g/mol. The highest BCUT2D eigenvalue weighted by atomic mass is 79.9. The molecule has 2 heterocycles. The maximum atomic E-state index is 13.5. The van der Waals surface area contributed by atoms with Crippen molar-refractivity contribution in [1.29, 1.82) is 0 Å². The monoisotopic (exact) mass is 490 g/mol. The lowest BCUT2D eigenvalue weighted by molar-refractivity contribution is 0.102. The predicted molar refractivity (Wildman–Crippen MR) is 119 cm³/mol. The lowest BCUT2D eigenvalue weighted by atomic mass is 10.1. The van der Waals surface area contributed by atoms with Crippen LogP contribution in [0.3, 0.4) is 0 Å². The minimum atomic E-state index is -3.93. The first-order chi connectivity index (χ1) is 14.5. The van der Waals surface area contributed by atoms with Gasteiger partial charge >= 0.3 is 0 Å². The number of unbranched alkanes of at least 4 members (excludes halogenated alkanes) is 1. The van der Waals surface area contributed by atoms with Crippen molar-refractivity contribution < 1.29 is 17.9 Å². The fraction of sp³-hybridized carbons (Fsp3) is 0.364. The number of ether oxygens (including phenoxy) is 1. The average molecular weight is 491 g/mol. The molecule has 1 fully saturated rings. The molecular formula is C22H23BrN2O4S. The van der Waals surface area contributed by atoms with E-state index < -0.39 is 10.0 Å². The molecule has 1 aliphatic carbocycles. The molecule has 0 radical (unpaired) electrons. The second-order valence-electron chi connectivity index (χ2n) is 7.43. The number of Topliss-reactive ketones (excluding diaryl/α,β-unsaturated/α-hetero) is 1. The van der Waals surface area contributed by atoms with Crippen LogP contribution in [-0.2, 0) is 10.0 Å². The standard InChI is InChI=1S/C22H23BrN2O4S/c1-2-3-11-29-22-17(15-9-10-15)13-24-20-18(19(26)12-23)14-25(21(20)22)30(27,28)16-7-5-4-6-8-16/h4-8,13-15H,2-3,9-12H2,1H3. The number of benzene rings is 1. The van der Waals surface area contributed by atoms with Crippen LogP contribution in [0.15, 0.2) is 47.6 Å². The highest BCUT2D eigenvalue weighted by Gasteiger charge is 2.33. The SMILES string of the molecule is CCCCOc1c(C2CC2)cnc2c(C(=O)CBr)cn(S(=O)(=O)c3ccccc3)c12. The zero-order valence-corrected chi connectivity index (χ0v) is 19.1. The van der Waals surface area contributed by atoms with Crippen LogP contribution in [0.1, 0.15) is 54.4 Å². The van der Waals surface area contributed by atoms with E-state index in [1.165, 1.54) is 10.2 Å². The first-order valence-electron chi connectivity index (χ1n) is 10.1. The number of alkyl halides is 1. The van der Waals surface area contributed by atoms with Gasteiger partial charge in [-0.05, 0) is 37.3 Å². The molecule has 0 amide bonds. The Morgan fingerprint density at radius 3 is 2.63 bits per heavy atom. The molecule has 158 valence electrons. The van der Waals surface area contributed by atoms with E-state index >= 15 is 0 Å². The molecule has 6 nitrogen and oxygen atoms in total. The molecule has 0 aliphatic heterocycles. The fourth-order valence-electron chi connectivity index (χ4n) is 3.47. The van der Waals surface area contributed by atoms with Gasteiger partial charge in [-0.15, -0.1) is 0 Å². The van der Waals surface area contributed by atoms with E-state index in [0.29, 0.717) is 29.3 Å². The van der Waals surface area contributed by atoms with E-state index in [-0.39, 0.29) is 21.6 Å². The minimum absolute atomic E-state index is 0.0789. The van der Waals surface area contributed by atoms with Gasteiger partial charge in [-0.2, -0.15) is 0 Å². The molecule has 8 heteroatoms. The average Bonchev–Trinajstić information content (AvgIpc) is 3.53. The lowest BCUT2D eigenvalue weighted by Crippen LogP contribution is -2.13. The van der Waals surface area contributed by atoms with Gasteiger partial charge in [-0.1, -0.05) is 47.5 Å². The molecule has 1 aliphatic rings. The Morgan fingerprint density at radius 2 is 2.00 bits per heavy atom. The van der Waals surface area contributed by atoms with Crippen molar-refractivity contribution in [2.75, 3.05) is 11.9 Å². The number of hydrogen-bond acceptors (Lipinski definition) is 5. The Hall–Kier alpha value is -2.19. The number of nitrogens with zero attached hydrogens (tertiary/aromatic N) is 2. The number of aromatic nitrogens is 2. The van der Waals surface area contributed by atoms with Crippen molar-refractivity contribution in [3.8, 4) is 5.75 Å². The highest BCUT2D eigenvalue weighted by Crippen LogP contribution is 2.47. The number of hydrogen-bond donors (Lipinski definition) is 0. The van der Waals surface area contributed by atoms with Crippen molar-refractivity contribution in [2.24, 2.45) is 0 Å². The van der Waals surface area contributed by atoms with Crippen molar-refractivity contribution in [2.45, 2.75) is 43.4 Å². The summed E-state index contributed by atoms with van der Waals surface area (Å²) in [5.74, 6) is 0.619. The first kappa shape index (κ1) is 21.1. The van der Waals surface area contributed by atoms with E-state index in [2.05, 4.69) is 27.8 Å². The molecule has 0 atom stereocenters. The van der Waals surface area contributed by atoms with Gasteiger partial charge in [0.1, 0.15) is 11.0 Å². The highest BCUT2D eigenvalue weighted by molar-refractivity contribution is 9.09. The third-order valence-corrected chi connectivity index (χ3v) is 7.42. The van der Waals surface area contributed by atoms with E-state index in [1.54, 1.807) is 36.5 Å². The van der Waals surface area contributed by atoms with Crippen LogP contribution in [0.25, 0.3) is 11.0 Å². The molecule has 0 unspecified atom stereocenters. The van der Waals surface area contributed by atoms with E-state index in [0.717, 1.165) is 31.2 Å². The second-order valence-corrected chi connectivity index (χ2v) is 9.81. The largest absolute Gasteiger partial charge is 0.491 e. The van der Waals surface area contributed by atoms with E-state index in [9.17, 15) is 13.2 Å². The first-order valence-corrected chi connectivity index (χ1v) is 12.6. The normalized spacial score (nSPS) is 14.2. The van der Waals surface area contributed by atoms with Crippen molar-refractivity contribution >= 4 is 42.8 Å². The maximum absolute atomic E-state index is 13.5. The Morgan fingerprint density at radius 1 is 1.27 bits per heavy atom. The number of rotatable bonds is 9. The van der Waals surface area contributed by atoms with Crippen molar-refractivity contribution in [3.63, 3.8) is 0 Å². The summed E-state index contributed by atoms with van der Waals surface area (Å²) < 4.78 is 34.3. The van der Waals surface area contributed by atoms with Gasteiger partial charge < -0.3 is 4.74 Å². The molecule has 2 aromatic heterocycles. The Balaban J connectivity index is 2.01. The molecule has 1 saturated carbocycles. The molecule has 0 spiro atoms. The number of ketones is 1. The number of carbonyl (C=O) groups excluding carboxylic acids is 1. The van der Waals surface area contributed by atoms with Crippen LogP contribution in [0.2, 0.25) is 0 Å². The summed E-state index contributed by atoms with van der Waals surface area (Å²) in [6.45, 7) is 2.55. The van der Waals surface area contributed by atoms with Gasteiger partial charge in [-0.25, -0.2) is 12.4 Å². The number of fused-ring (bicyclic) bond motifs is 1. The second kappa shape index (κ2) is 8.51. The van der Waals surface area contributed by atoms with Crippen molar-refractivity contribution in [3.05, 3.63) is 53.9 Å². The molecule has 0 saturated heterocycles. The summed E-state index contributed by atoms with van der Waals surface area (Å²) in [5, 5.41) is 0.0789. The minimum Gasteiger partial charge on any atom is -0.491 e. The predicted octanol–water partition coefficient (Wildman–Crippen LogP) is 4.91. The maximum Gasteiger partial charge on any atom is 0.268 e. The summed E-state index contributed by atoms with van der Waals surface area (Å²) in [6.07, 6.45) is 6.99. The molecule has 0 bridgehead atoms. The Kier molecular flexibility index (Phi) is 5.97. The third kappa shape index (κ3) is 3.78. The van der Waals surface area contributed by atoms with Gasteiger partial charge in [-0.3, -0.25) is 9.78 Å². The summed E-state index contributed by atoms with van der Waals surface area (Å²) in [5.41, 5.74) is 1.89. The third-order valence-electron chi connectivity index (χ3n) is 5.24. The molecule has 4 rings (SSSR count).